The molecule has 0 saturated carbocycles. The van der Waals surface area contributed by atoms with Gasteiger partial charge in [0.1, 0.15) is 0 Å². The standard InChI is InChI=1S/C9H16O5/c1-4-13-8(10)7(6-12-3)9(11)14-5-2/h7H,4-6H2,1-3H3. The van der Waals surface area contributed by atoms with Gasteiger partial charge in [-0.2, -0.15) is 0 Å². The van der Waals surface area contributed by atoms with Crippen LogP contribution in [-0.4, -0.2) is 38.9 Å². The number of carbonyl (C=O) groups is 2. The van der Waals surface area contributed by atoms with Crippen molar-refractivity contribution in [3.8, 4) is 0 Å². The molecule has 0 bridgehead atoms. The Morgan fingerprint density at radius 1 is 1.07 bits per heavy atom. The molecule has 0 atom stereocenters. The summed E-state index contributed by atoms with van der Waals surface area (Å²) in [5.41, 5.74) is 0. The molecule has 0 aromatic carbocycles. The summed E-state index contributed by atoms with van der Waals surface area (Å²) in [6.45, 7) is 3.80. The molecular formula is C9H16O5. The fourth-order valence-corrected chi connectivity index (χ4v) is 0.885. The highest BCUT2D eigenvalue weighted by molar-refractivity contribution is 5.95. The molecule has 0 aromatic heterocycles. The minimum absolute atomic E-state index is 0.0162. The second-order valence-corrected chi connectivity index (χ2v) is 2.51. The first-order valence-corrected chi connectivity index (χ1v) is 4.49. The predicted octanol–water partition coefficient (Wildman–Crippen LogP) is 0.375. The van der Waals surface area contributed by atoms with E-state index in [1.165, 1.54) is 7.11 Å². The summed E-state index contributed by atoms with van der Waals surface area (Å²) in [6.07, 6.45) is 0. The van der Waals surface area contributed by atoms with Gasteiger partial charge < -0.3 is 14.2 Å². The number of esters is 2. The largest absolute Gasteiger partial charge is 0.465 e. The van der Waals surface area contributed by atoms with Gasteiger partial charge in [-0.3, -0.25) is 9.59 Å². The number of hydrogen-bond donors (Lipinski definition) is 0. The van der Waals surface area contributed by atoms with E-state index < -0.39 is 17.9 Å². The minimum Gasteiger partial charge on any atom is -0.465 e. The van der Waals surface area contributed by atoms with E-state index in [1.807, 2.05) is 0 Å². The smallest absolute Gasteiger partial charge is 0.322 e. The van der Waals surface area contributed by atoms with Crippen LogP contribution < -0.4 is 0 Å². The van der Waals surface area contributed by atoms with Crippen LogP contribution in [0.4, 0.5) is 0 Å². The summed E-state index contributed by atoms with van der Waals surface area (Å²) in [6, 6.07) is 0. The zero-order valence-electron chi connectivity index (χ0n) is 8.74. The Bertz CT molecular complexity index is 172. The van der Waals surface area contributed by atoms with Gasteiger partial charge in [-0.15, -0.1) is 0 Å². The second-order valence-electron chi connectivity index (χ2n) is 2.51. The molecule has 0 spiro atoms. The van der Waals surface area contributed by atoms with E-state index in [-0.39, 0.29) is 19.8 Å². The number of hydrogen-bond acceptors (Lipinski definition) is 5. The van der Waals surface area contributed by atoms with Crippen LogP contribution in [0, 0.1) is 5.92 Å². The number of ether oxygens (including phenoxy) is 3. The van der Waals surface area contributed by atoms with E-state index in [0.717, 1.165) is 0 Å². The molecule has 14 heavy (non-hydrogen) atoms. The highest BCUT2D eigenvalue weighted by atomic mass is 16.6. The molecule has 0 aliphatic heterocycles. The zero-order valence-corrected chi connectivity index (χ0v) is 8.74. The van der Waals surface area contributed by atoms with Crippen molar-refractivity contribution in [1.82, 2.24) is 0 Å². The van der Waals surface area contributed by atoms with Gasteiger partial charge in [0, 0.05) is 7.11 Å². The topological polar surface area (TPSA) is 61.8 Å². The third kappa shape index (κ3) is 4.23. The van der Waals surface area contributed by atoms with Crippen molar-refractivity contribution in [2.75, 3.05) is 26.9 Å². The van der Waals surface area contributed by atoms with Crippen LogP contribution in [0.3, 0.4) is 0 Å². The van der Waals surface area contributed by atoms with Crippen LogP contribution in [0.25, 0.3) is 0 Å². The van der Waals surface area contributed by atoms with E-state index in [2.05, 4.69) is 0 Å². The van der Waals surface area contributed by atoms with Crippen LogP contribution in [-0.2, 0) is 23.8 Å². The second kappa shape index (κ2) is 7.32. The summed E-state index contributed by atoms with van der Waals surface area (Å²) < 4.78 is 14.1. The maximum Gasteiger partial charge on any atom is 0.322 e. The lowest BCUT2D eigenvalue weighted by molar-refractivity contribution is -0.163. The van der Waals surface area contributed by atoms with Crippen LogP contribution in [0.1, 0.15) is 13.8 Å². The summed E-state index contributed by atoms with van der Waals surface area (Å²) in [4.78, 5) is 22.5. The quantitative estimate of drug-likeness (QED) is 0.462. The van der Waals surface area contributed by atoms with Gasteiger partial charge in [-0.25, -0.2) is 0 Å². The first-order chi connectivity index (χ1) is 6.67. The fourth-order valence-electron chi connectivity index (χ4n) is 0.885. The molecule has 5 nitrogen and oxygen atoms in total. The molecule has 0 rings (SSSR count). The first-order valence-electron chi connectivity index (χ1n) is 4.49. The molecular weight excluding hydrogens is 188 g/mol. The van der Waals surface area contributed by atoms with E-state index in [9.17, 15) is 9.59 Å². The van der Waals surface area contributed by atoms with Crippen molar-refractivity contribution < 1.29 is 23.8 Å². The molecule has 0 N–H and O–H groups in total. The molecule has 0 fully saturated rings. The molecule has 0 heterocycles. The molecule has 0 aliphatic carbocycles. The molecule has 5 heteroatoms. The molecule has 0 radical (unpaired) electrons. The average molecular weight is 204 g/mol. The van der Waals surface area contributed by atoms with Gasteiger partial charge in [0.15, 0.2) is 5.92 Å². The molecule has 0 saturated heterocycles. The van der Waals surface area contributed by atoms with Gasteiger partial charge in [-0.05, 0) is 13.8 Å². The van der Waals surface area contributed by atoms with Gasteiger partial charge in [-0.1, -0.05) is 0 Å². The lowest BCUT2D eigenvalue weighted by Gasteiger charge is -2.12. The zero-order chi connectivity index (χ0) is 11.0. The van der Waals surface area contributed by atoms with Crippen LogP contribution in [0.2, 0.25) is 0 Å². The summed E-state index contributed by atoms with van der Waals surface area (Å²) in [7, 11) is 1.41. The van der Waals surface area contributed by atoms with E-state index in [1.54, 1.807) is 13.8 Å². The van der Waals surface area contributed by atoms with Crippen molar-refractivity contribution in [2.24, 2.45) is 5.92 Å². The van der Waals surface area contributed by atoms with Crippen molar-refractivity contribution in [3.63, 3.8) is 0 Å². The lowest BCUT2D eigenvalue weighted by Crippen LogP contribution is -2.31. The number of rotatable bonds is 6. The summed E-state index contributed by atoms with van der Waals surface area (Å²) in [5.74, 6) is -2.18. The monoisotopic (exact) mass is 204 g/mol. The Morgan fingerprint density at radius 2 is 1.50 bits per heavy atom. The summed E-state index contributed by atoms with van der Waals surface area (Å²) in [5, 5.41) is 0. The highest BCUT2D eigenvalue weighted by Crippen LogP contribution is 2.04. The van der Waals surface area contributed by atoms with Gasteiger partial charge in [0.05, 0.1) is 19.8 Å². The van der Waals surface area contributed by atoms with Crippen molar-refractivity contribution in [2.45, 2.75) is 13.8 Å². The third-order valence-electron chi connectivity index (χ3n) is 1.48. The number of methoxy groups -OCH3 is 1. The van der Waals surface area contributed by atoms with E-state index in [4.69, 9.17) is 14.2 Å². The Morgan fingerprint density at radius 3 is 1.79 bits per heavy atom. The van der Waals surface area contributed by atoms with Gasteiger partial charge in [0.2, 0.25) is 0 Å². The van der Waals surface area contributed by atoms with Crippen molar-refractivity contribution in [1.29, 1.82) is 0 Å². The SMILES string of the molecule is CCOC(=O)C(COC)C(=O)OCC. The maximum atomic E-state index is 11.2. The highest BCUT2D eigenvalue weighted by Gasteiger charge is 2.29. The maximum absolute atomic E-state index is 11.2. The predicted molar refractivity (Wildman–Crippen MR) is 48.6 cm³/mol. The Kier molecular flexibility index (Phi) is 6.74. The van der Waals surface area contributed by atoms with Crippen LogP contribution in [0.5, 0.6) is 0 Å². The molecule has 0 aliphatic rings. The minimum atomic E-state index is -0.972. The van der Waals surface area contributed by atoms with Crippen LogP contribution in [0.15, 0.2) is 0 Å². The normalized spacial score (nSPS) is 10.0. The Hall–Kier alpha value is -1.10. The average Bonchev–Trinajstić information content (AvgIpc) is 2.14. The van der Waals surface area contributed by atoms with E-state index >= 15 is 0 Å². The van der Waals surface area contributed by atoms with Crippen molar-refractivity contribution >= 4 is 11.9 Å². The third-order valence-corrected chi connectivity index (χ3v) is 1.48. The molecule has 0 unspecified atom stereocenters. The Balaban J connectivity index is 4.25. The number of carbonyl (C=O) groups excluding carboxylic acids is 2. The molecule has 82 valence electrons. The Labute approximate surface area is 83.3 Å². The summed E-state index contributed by atoms with van der Waals surface area (Å²) >= 11 is 0. The van der Waals surface area contributed by atoms with Crippen LogP contribution >= 0.6 is 0 Å². The molecule has 0 amide bonds. The van der Waals surface area contributed by atoms with Crippen molar-refractivity contribution in [3.05, 3.63) is 0 Å². The molecule has 0 aromatic rings. The fraction of sp³-hybridized carbons (Fsp3) is 0.778. The van der Waals surface area contributed by atoms with Gasteiger partial charge in [0.25, 0.3) is 0 Å². The van der Waals surface area contributed by atoms with Gasteiger partial charge >= 0.3 is 11.9 Å². The first kappa shape index (κ1) is 12.9. The van der Waals surface area contributed by atoms with E-state index in [0.29, 0.717) is 0 Å². The lowest BCUT2D eigenvalue weighted by atomic mass is 10.1.